The summed E-state index contributed by atoms with van der Waals surface area (Å²) in [5.74, 6) is 1.90. The Morgan fingerprint density at radius 1 is 1.33 bits per heavy atom. The molecule has 1 aliphatic carbocycles. The molecule has 1 aromatic rings. The predicted molar refractivity (Wildman–Crippen MR) is 103 cm³/mol. The maximum Gasteiger partial charge on any atom is 0.0456 e. The van der Waals surface area contributed by atoms with Crippen LogP contribution in [0.25, 0.3) is 0 Å². The lowest BCUT2D eigenvalue weighted by Crippen LogP contribution is -2.42. The van der Waals surface area contributed by atoms with Crippen molar-refractivity contribution >= 4 is 17.3 Å². The molecular weight excluding hydrogens is 318 g/mol. The molecule has 1 heterocycles. The van der Waals surface area contributed by atoms with E-state index in [9.17, 15) is 5.11 Å². The summed E-state index contributed by atoms with van der Waals surface area (Å²) in [6.45, 7) is 4.73. The van der Waals surface area contributed by atoms with E-state index in [4.69, 9.17) is 11.6 Å². The number of hydrogen-bond donors (Lipinski definition) is 2. The number of anilines is 1. The molecule has 2 aliphatic rings. The van der Waals surface area contributed by atoms with E-state index in [1.54, 1.807) is 0 Å². The van der Waals surface area contributed by atoms with Crippen molar-refractivity contribution in [2.24, 2.45) is 17.8 Å². The maximum atomic E-state index is 9.39. The quantitative estimate of drug-likeness (QED) is 0.749. The van der Waals surface area contributed by atoms with Gasteiger partial charge in [0.15, 0.2) is 0 Å². The zero-order valence-corrected chi connectivity index (χ0v) is 15.3. The van der Waals surface area contributed by atoms with E-state index in [0.717, 1.165) is 24.3 Å². The van der Waals surface area contributed by atoms with Gasteiger partial charge in [-0.1, -0.05) is 49.8 Å². The second kappa shape index (κ2) is 7.76. The number of benzene rings is 1. The maximum absolute atomic E-state index is 9.39. The first-order valence-electron chi connectivity index (χ1n) is 9.10. The Hall–Kier alpha value is -1.25. The third-order valence-electron chi connectivity index (χ3n) is 5.71. The minimum atomic E-state index is 0.272. The van der Waals surface area contributed by atoms with Crippen molar-refractivity contribution in [3.63, 3.8) is 0 Å². The van der Waals surface area contributed by atoms with E-state index >= 15 is 0 Å². The van der Waals surface area contributed by atoms with E-state index in [0.29, 0.717) is 29.7 Å². The molecule has 5 atom stereocenters. The monoisotopic (exact) mass is 345 g/mol. The van der Waals surface area contributed by atoms with Crippen LogP contribution in [0.3, 0.4) is 0 Å². The van der Waals surface area contributed by atoms with Crippen LogP contribution in [0, 0.1) is 17.8 Å². The Morgan fingerprint density at radius 3 is 2.88 bits per heavy atom. The summed E-state index contributed by atoms with van der Waals surface area (Å²) in [5.41, 5.74) is 2.56. The molecule has 24 heavy (non-hydrogen) atoms. The largest absolute Gasteiger partial charge is 0.396 e. The summed E-state index contributed by atoms with van der Waals surface area (Å²) in [5, 5.41) is 14.0. The number of fused-ring (bicyclic) bond motifs is 1. The minimum absolute atomic E-state index is 0.272. The summed E-state index contributed by atoms with van der Waals surface area (Å²) < 4.78 is 0. The number of rotatable bonds is 5. The van der Waals surface area contributed by atoms with Gasteiger partial charge in [-0.25, -0.2) is 0 Å². The Morgan fingerprint density at radius 2 is 2.17 bits per heavy atom. The Labute approximate surface area is 150 Å². The van der Waals surface area contributed by atoms with Gasteiger partial charge < -0.3 is 10.4 Å². The van der Waals surface area contributed by atoms with Gasteiger partial charge in [0.2, 0.25) is 0 Å². The molecule has 0 fully saturated rings. The SMILES string of the molecule is C[C@@H](CO)CC[C@@H]1[C@H](C)c2cc(Cl)ccc2N[C@H]1C1C=CC=CC1. The molecule has 2 N–H and O–H groups in total. The van der Waals surface area contributed by atoms with Crippen LogP contribution in [0.1, 0.15) is 44.6 Å². The van der Waals surface area contributed by atoms with Crippen molar-refractivity contribution in [1.29, 1.82) is 0 Å². The van der Waals surface area contributed by atoms with Crippen molar-refractivity contribution < 1.29 is 5.11 Å². The van der Waals surface area contributed by atoms with Crippen LogP contribution < -0.4 is 5.32 Å². The molecule has 1 aliphatic heterocycles. The van der Waals surface area contributed by atoms with Gasteiger partial charge in [-0.3, -0.25) is 0 Å². The standard InChI is InChI=1S/C21H28ClNO/c1-14(13-24)8-10-18-15(2)19-12-17(22)9-11-20(19)23-21(18)16-6-4-3-5-7-16/h3-6,9,11-12,14-16,18,21,23-24H,7-8,10,13H2,1-2H3/t14-,15+,16?,18-,21+/m1/s1. The second-order valence-corrected chi connectivity index (χ2v) is 7.87. The van der Waals surface area contributed by atoms with Gasteiger partial charge in [0, 0.05) is 29.3 Å². The molecule has 0 spiro atoms. The lowest BCUT2D eigenvalue weighted by molar-refractivity contribution is 0.208. The predicted octanol–water partition coefficient (Wildman–Crippen LogP) is 5.39. The molecule has 2 nitrogen and oxygen atoms in total. The topological polar surface area (TPSA) is 32.3 Å². The summed E-state index contributed by atoms with van der Waals surface area (Å²) in [6, 6.07) is 6.64. The highest BCUT2D eigenvalue weighted by molar-refractivity contribution is 6.30. The molecule has 0 aromatic heterocycles. The Kier molecular flexibility index (Phi) is 5.68. The lowest BCUT2D eigenvalue weighted by atomic mass is 9.70. The molecule has 0 radical (unpaired) electrons. The fraction of sp³-hybridized carbons (Fsp3) is 0.524. The number of aliphatic hydroxyl groups is 1. The van der Waals surface area contributed by atoms with Gasteiger partial charge in [-0.05, 0) is 60.8 Å². The normalized spacial score (nSPS) is 29.8. The van der Waals surface area contributed by atoms with Crippen LogP contribution in [0.2, 0.25) is 5.02 Å². The van der Waals surface area contributed by atoms with Crippen molar-refractivity contribution in [3.05, 3.63) is 53.1 Å². The number of allylic oxidation sites excluding steroid dienone is 3. The average Bonchev–Trinajstić information content (AvgIpc) is 2.61. The van der Waals surface area contributed by atoms with Crippen molar-refractivity contribution in [3.8, 4) is 0 Å². The van der Waals surface area contributed by atoms with Crippen LogP contribution in [0.5, 0.6) is 0 Å². The fourth-order valence-electron chi connectivity index (χ4n) is 4.16. The summed E-state index contributed by atoms with van der Waals surface area (Å²) in [4.78, 5) is 0. The second-order valence-electron chi connectivity index (χ2n) is 7.43. The molecule has 130 valence electrons. The van der Waals surface area contributed by atoms with Crippen molar-refractivity contribution in [2.75, 3.05) is 11.9 Å². The third kappa shape index (κ3) is 3.70. The molecule has 0 amide bonds. The van der Waals surface area contributed by atoms with Crippen LogP contribution >= 0.6 is 11.6 Å². The van der Waals surface area contributed by atoms with E-state index < -0.39 is 0 Å². The first kappa shape index (κ1) is 17.6. The zero-order valence-electron chi connectivity index (χ0n) is 14.6. The number of hydrogen-bond acceptors (Lipinski definition) is 2. The molecule has 0 saturated heterocycles. The van der Waals surface area contributed by atoms with Crippen molar-refractivity contribution in [1.82, 2.24) is 0 Å². The van der Waals surface area contributed by atoms with Crippen LogP contribution in [0.4, 0.5) is 5.69 Å². The Balaban J connectivity index is 1.87. The van der Waals surface area contributed by atoms with Gasteiger partial charge in [0.25, 0.3) is 0 Å². The van der Waals surface area contributed by atoms with Crippen molar-refractivity contribution in [2.45, 2.75) is 45.1 Å². The van der Waals surface area contributed by atoms with Gasteiger partial charge in [-0.15, -0.1) is 0 Å². The summed E-state index contributed by atoms with van der Waals surface area (Å²) >= 11 is 6.24. The molecular formula is C21H28ClNO. The average molecular weight is 346 g/mol. The third-order valence-corrected chi connectivity index (χ3v) is 5.94. The molecule has 1 unspecified atom stereocenters. The minimum Gasteiger partial charge on any atom is -0.396 e. The van der Waals surface area contributed by atoms with Crippen LogP contribution in [-0.2, 0) is 0 Å². The van der Waals surface area contributed by atoms with Gasteiger partial charge in [-0.2, -0.15) is 0 Å². The molecule has 1 aromatic carbocycles. The van der Waals surface area contributed by atoms with Gasteiger partial charge in [0.05, 0.1) is 0 Å². The highest BCUT2D eigenvalue weighted by Gasteiger charge is 2.37. The Bertz CT molecular complexity index is 624. The summed E-state index contributed by atoms with van der Waals surface area (Å²) in [7, 11) is 0. The van der Waals surface area contributed by atoms with E-state index in [1.807, 2.05) is 6.07 Å². The number of halogens is 1. The summed E-state index contributed by atoms with van der Waals surface area (Å²) in [6.07, 6.45) is 12.2. The molecule has 3 heteroatoms. The lowest BCUT2D eigenvalue weighted by Gasteiger charge is -2.43. The van der Waals surface area contributed by atoms with Gasteiger partial charge >= 0.3 is 0 Å². The van der Waals surface area contributed by atoms with Crippen LogP contribution in [0.15, 0.2) is 42.5 Å². The zero-order chi connectivity index (χ0) is 17.1. The fourth-order valence-corrected chi connectivity index (χ4v) is 4.34. The molecule has 0 bridgehead atoms. The number of nitrogens with one attached hydrogen (secondary N) is 1. The van der Waals surface area contributed by atoms with E-state index in [-0.39, 0.29) is 6.61 Å². The highest BCUT2D eigenvalue weighted by atomic mass is 35.5. The van der Waals surface area contributed by atoms with Gasteiger partial charge in [0.1, 0.15) is 0 Å². The first-order valence-corrected chi connectivity index (χ1v) is 9.48. The highest BCUT2D eigenvalue weighted by Crippen LogP contribution is 2.44. The van der Waals surface area contributed by atoms with E-state index in [2.05, 4.69) is 55.6 Å². The molecule has 0 saturated carbocycles. The van der Waals surface area contributed by atoms with Crippen LogP contribution in [-0.4, -0.2) is 17.8 Å². The number of aliphatic hydroxyl groups excluding tert-OH is 1. The first-order chi connectivity index (χ1) is 11.6. The molecule has 3 rings (SSSR count). The smallest absolute Gasteiger partial charge is 0.0456 e. The van der Waals surface area contributed by atoms with E-state index in [1.165, 1.54) is 11.3 Å².